The predicted octanol–water partition coefficient (Wildman–Crippen LogP) is 2.57. The molecule has 0 fully saturated rings. The number of para-hydroxylation sites is 1. The fourth-order valence-corrected chi connectivity index (χ4v) is 2.21. The predicted molar refractivity (Wildman–Crippen MR) is 83.6 cm³/mol. The molecule has 0 saturated heterocycles. The normalized spacial score (nSPS) is 14.8. The summed E-state index contributed by atoms with van der Waals surface area (Å²) in [6, 6.07) is 5.36. The second kappa shape index (κ2) is 7.13. The molecule has 7 heteroatoms. The molecule has 2 rings (SSSR count). The number of anilines is 1. The van der Waals surface area contributed by atoms with Crippen LogP contribution in [-0.2, 0) is 4.84 Å². The lowest BCUT2D eigenvalue weighted by molar-refractivity contribution is -0.0943. The average molecular weight is 317 g/mol. The molecule has 0 aliphatic carbocycles. The molecular formula is C13H18Cl2N4O. The Labute approximate surface area is 129 Å². The molecular weight excluding hydrogens is 299 g/mol. The van der Waals surface area contributed by atoms with Crippen molar-refractivity contribution < 1.29 is 4.84 Å². The van der Waals surface area contributed by atoms with E-state index in [1.54, 1.807) is 23.3 Å². The van der Waals surface area contributed by atoms with Gasteiger partial charge < -0.3 is 10.2 Å². The molecule has 1 aliphatic rings. The molecule has 0 spiro atoms. The van der Waals surface area contributed by atoms with Crippen LogP contribution in [0.1, 0.15) is 0 Å². The zero-order valence-corrected chi connectivity index (χ0v) is 13.1. The first-order valence-electron chi connectivity index (χ1n) is 6.38. The summed E-state index contributed by atoms with van der Waals surface area (Å²) in [5.74, 6) is 0.638. The third-order valence-corrected chi connectivity index (χ3v) is 3.42. The Bertz CT molecular complexity index is 473. The van der Waals surface area contributed by atoms with Gasteiger partial charge >= 0.3 is 0 Å². The first-order chi connectivity index (χ1) is 9.58. The van der Waals surface area contributed by atoms with E-state index in [4.69, 9.17) is 28.0 Å². The van der Waals surface area contributed by atoms with E-state index < -0.39 is 0 Å². The number of likely N-dealkylation sites (N-methyl/N-ethyl adjacent to an activating group) is 1. The van der Waals surface area contributed by atoms with Crippen LogP contribution in [0.5, 0.6) is 0 Å². The molecule has 1 N–H and O–H groups in total. The smallest absolute Gasteiger partial charge is 0.223 e. The van der Waals surface area contributed by atoms with Crippen molar-refractivity contribution in [3.05, 3.63) is 28.2 Å². The Hall–Kier alpha value is -1.01. The van der Waals surface area contributed by atoms with Crippen LogP contribution in [0.3, 0.4) is 0 Å². The van der Waals surface area contributed by atoms with Gasteiger partial charge in [0.2, 0.25) is 5.96 Å². The maximum Gasteiger partial charge on any atom is 0.223 e. The second-order valence-electron chi connectivity index (χ2n) is 4.67. The van der Waals surface area contributed by atoms with Crippen LogP contribution in [0.25, 0.3) is 0 Å². The average Bonchev–Trinajstić information content (AvgIpc) is 2.81. The van der Waals surface area contributed by atoms with Crippen molar-refractivity contribution in [1.82, 2.24) is 9.96 Å². The standard InChI is InChI=1S/C13H18Cl2N4O/c1-18(2)8-9-20-19-7-6-16-13(19)17-12-10(14)4-3-5-11(12)15/h3-5H,6-9H2,1-2H3,(H,16,17). The Morgan fingerprint density at radius 3 is 2.70 bits per heavy atom. The van der Waals surface area contributed by atoms with Gasteiger partial charge in [-0.25, -0.2) is 10.1 Å². The highest BCUT2D eigenvalue weighted by molar-refractivity contribution is 6.39. The van der Waals surface area contributed by atoms with Gasteiger partial charge in [-0.05, 0) is 26.2 Å². The SMILES string of the molecule is CN(C)CCON1CCN=C1Nc1c(Cl)cccc1Cl. The van der Waals surface area contributed by atoms with Crippen LogP contribution < -0.4 is 5.32 Å². The van der Waals surface area contributed by atoms with Gasteiger partial charge in [0.25, 0.3) is 0 Å². The van der Waals surface area contributed by atoms with Crippen molar-refractivity contribution >= 4 is 34.8 Å². The zero-order valence-electron chi connectivity index (χ0n) is 11.6. The molecule has 0 bridgehead atoms. The van der Waals surface area contributed by atoms with Crippen LogP contribution in [0.2, 0.25) is 10.0 Å². The van der Waals surface area contributed by atoms with Gasteiger partial charge in [-0.15, -0.1) is 0 Å². The highest BCUT2D eigenvalue weighted by Crippen LogP contribution is 2.30. The van der Waals surface area contributed by atoms with Gasteiger partial charge in [0.1, 0.15) is 0 Å². The number of nitrogens with one attached hydrogen (secondary N) is 1. The largest absolute Gasteiger partial charge is 0.322 e. The Balaban J connectivity index is 1.98. The van der Waals surface area contributed by atoms with Crippen LogP contribution in [0.4, 0.5) is 5.69 Å². The van der Waals surface area contributed by atoms with Gasteiger partial charge in [0.05, 0.1) is 35.4 Å². The molecule has 1 heterocycles. The summed E-state index contributed by atoms with van der Waals surface area (Å²) >= 11 is 12.3. The number of hydrogen-bond acceptors (Lipinski definition) is 5. The Morgan fingerprint density at radius 1 is 1.35 bits per heavy atom. The van der Waals surface area contributed by atoms with Gasteiger partial charge in [0.15, 0.2) is 0 Å². The first kappa shape index (κ1) is 15.4. The molecule has 1 aliphatic heterocycles. The van der Waals surface area contributed by atoms with E-state index in [0.29, 0.717) is 34.8 Å². The molecule has 20 heavy (non-hydrogen) atoms. The van der Waals surface area contributed by atoms with Crippen molar-refractivity contribution in [1.29, 1.82) is 0 Å². The molecule has 5 nitrogen and oxygen atoms in total. The van der Waals surface area contributed by atoms with Crippen molar-refractivity contribution in [2.45, 2.75) is 0 Å². The lowest BCUT2D eigenvalue weighted by Crippen LogP contribution is -2.35. The van der Waals surface area contributed by atoms with Crippen molar-refractivity contribution in [2.75, 3.05) is 45.7 Å². The monoisotopic (exact) mass is 316 g/mol. The fourth-order valence-electron chi connectivity index (χ4n) is 1.72. The molecule has 0 aromatic heterocycles. The van der Waals surface area contributed by atoms with E-state index in [1.165, 1.54) is 0 Å². The van der Waals surface area contributed by atoms with Crippen LogP contribution >= 0.6 is 23.2 Å². The lowest BCUT2D eigenvalue weighted by Gasteiger charge is -2.22. The van der Waals surface area contributed by atoms with Gasteiger partial charge in [0, 0.05) is 6.54 Å². The Morgan fingerprint density at radius 2 is 2.05 bits per heavy atom. The van der Waals surface area contributed by atoms with E-state index in [1.807, 2.05) is 14.1 Å². The second-order valence-corrected chi connectivity index (χ2v) is 5.48. The Kier molecular flexibility index (Phi) is 5.48. The number of rotatable bonds is 5. The number of guanidine groups is 1. The van der Waals surface area contributed by atoms with Crippen molar-refractivity contribution in [3.63, 3.8) is 0 Å². The minimum absolute atomic E-state index is 0.556. The van der Waals surface area contributed by atoms with Gasteiger partial charge in [-0.2, -0.15) is 0 Å². The summed E-state index contributed by atoms with van der Waals surface area (Å²) in [5, 5.41) is 5.99. The molecule has 0 radical (unpaired) electrons. The first-order valence-corrected chi connectivity index (χ1v) is 7.14. The quantitative estimate of drug-likeness (QED) is 0.906. The molecule has 0 unspecified atom stereocenters. The number of nitrogens with zero attached hydrogens (tertiary/aromatic N) is 3. The minimum Gasteiger partial charge on any atom is -0.322 e. The maximum atomic E-state index is 6.13. The number of aliphatic imine (C=N–C) groups is 1. The van der Waals surface area contributed by atoms with Crippen LogP contribution in [0.15, 0.2) is 23.2 Å². The third kappa shape index (κ3) is 3.99. The van der Waals surface area contributed by atoms with E-state index in [2.05, 4.69) is 15.2 Å². The molecule has 110 valence electrons. The summed E-state index contributed by atoms with van der Waals surface area (Å²) in [6.45, 7) is 2.85. The summed E-state index contributed by atoms with van der Waals surface area (Å²) in [4.78, 5) is 12.1. The van der Waals surface area contributed by atoms with Crippen molar-refractivity contribution in [3.8, 4) is 0 Å². The minimum atomic E-state index is 0.556. The summed E-state index contributed by atoms with van der Waals surface area (Å²) in [7, 11) is 4.01. The number of hydroxylamine groups is 2. The molecule has 0 saturated carbocycles. The van der Waals surface area contributed by atoms with Crippen molar-refractivity contribution in [2.24, 2.45) is 4.99 Å². The van der Waals surface area contributed by atoms with Gasteiger partial charge in [-0.3, -0.25) is 4.84 Å². The fraction of sp³-hybridized carbons (Fsp3) is 0.462. The third-order valence-electron chi connectivity index (χ3n) is 2.79. The maximum absolute atomic E-state index is 6.13. The van der Waals surface area contributed by atoms with E-state index in [9.17, 15) is 0 Å². The summed E-state index contributed by atoms with van der Waals surface area (Å²) in [6.07, 6.45) is 0. The van der Waals surface area contributed by atoms with E-state index in [0.717, 1.165) is 13.1 Å². The number of hydrogen-bond donors (Lipinski definition) is 1. The molecule has 1 aromatic rings. The summed E-state index contributed by atoms with van der Waals surface area (Å²) < 4.78 is 0. The van der Waals surface area contributed by atoms with Crippen LogP contribution in [0, 0.1) is 0 Å². The highest BCUT2D eigenvalue weighted by Gasteiger charge is 2.19. The van der Waals surface area contributed by atoms with E-state index in [-0.39, 0.29) is 0 Å². The number of benzene rings is 1. The van der Waals surface area contributed by atoms with E-state index >= 15 is 0 Å². The molecule has 0 atom stereocenters. The lowest BCUT2D eigenvalue weighted by atomic mass is 10.3. The zero-order chi connectivity index (χ0) is 14.5. The molecule has 1 aromatic carbocycles. The van der Waals surface area contributed by atoms with Gasteiger partial charge in [-0.1, -0.05) is 29.3 Å². The number of halogens is 2. The highest BCUT2D eigenvalue weighted by atomic mass is 35.5. The topological polar surface area (TPSA) is 40.1 Å². The summed E-state index contributed by atoms with van der Waals surface area (Å²) in [5.41, 5.74) is 0.651. The van der Waals surface area contributed by atoms with Crippen LogP contribution in [-0.4, -0.2) is 56.3 Å². The molecule has 0 amide bonds.